The fraction of sp³-hybridized carbons (Fsp3) is 0.278. The van der Waals surface area contributed by atoms with Gasteiger partial charge in [-0.15, -0.1) is 11.3 Å². The van der Waals surface area contributed by atoms with Crippen LogP contribution < -0.4 is 0 Å². The van der Waals surface area contributed by atoms with Gasteiger partial charge >= 0.3 is 6.18 Å². The zero-order valence-corrected chi connectivity index (χ0v) is 13.8. The van der Waals surface area contributed by atoms with Crippen molar-refractivity contribution < 1.29 is 18.0 Å². The molecule has 1 aromatic heterocycles. The van der Waals surface area contributed by atoms with E-state index in [0.717, 1.165) is 24.1 Å². The van der Waals surface area contributed by atoms with Crippen LogP contribution in [0.3, 0.4) is 0 Å². The summed E-state index contributed by atoms with van der Waals surface area (Å²) in [6.45, 7) is 2.60. The minimum absolute atomic E-state index is 0.0151. The number of nitrogens with zero attached hydrogens (tertiary/aromatic N) is 1. The molecule has 126 valence electrons. The molecule has 0 N–H and O–H groups in total. The molecule has 0 bridgehead atoms. The van der Waals surface area contributed by atoms with E-state index in [0.29, 0.717) is 12.1 Å². The van der Waals surface area contributed by atoms with Crippen LogP contribution in [0.4, 0.5) is 13.2 Å². The maximum absolute atomic E-state index is 12.7. The quantitative estimate of drug-likeness (QED) is 0.703. The number of halogens is 3. The first-order valence-electron chi connectivity index (χ1n) is 7.58. The molecule has 0 saturated carbocycles. The molecule has 2 heterocycles. The number of hydrogen-bond acceptors (Lipinski definition) is 2. The van der Waals surface area contributed by atoms with Crippen molar-refractivity contribution in [1.82, 2.24) is 4.90 Å². The van der Waals surface area contributed by atoms with Crippen molar-refractivity contribution in [3.63, 3.8) is 0 Å². The van der Waals surface area contributed by atoms with Gasteiger partial charge in [-0.1, -0.05) is 12.1 Å². The number of amides is 1. The molecule has 0 aliphatic carbocycles. The average molecular weight is 351 g/mol. The van der Waals surface area contributed by atoms with Gasteiger partial charge in [0.2, 0.25) is 5.91 Å². The highest BCUT2D eigenvalue weighted by atomic mass is 32.1. The largest absolute Gasteiger partial charge is 0.416 e. The molecule has 1 aliphatic rings. The summed E-state index contributed by atoms with van der Waals surface area (Å²) in [5.74, 6) is -0.184. The number of alkyl halides is 3. The number of carbonyl (C=O) groups is 1. The van der Waals surface area contributed by atoms with Crippen LogP contribution in [-0.4, -0.2) is 17.4 Å². The van der Waals surface area contributed by atoms with Crippen LogP contribution >= 0.6 is 11.3 Å². The molecule has 0 unspecified atom stereocenters. The molecule has 3 rings (SSSR count). The molecule has 1 aliphatic heterocycles. The fourth-order valence-corrected chi connectivity index (χ4v) is 3.86. The molecule has 0 fully saturated rings. The molecule has 1 atom stereocenters. The van der Waals surface area contributed by atoms with Crippen LogP contribution in [0.2, 0.25) is 0 Å². The van der Waals surface area contributed by atoms with Crippen LogP contribution in [0, 0.1) is 0 Å². The maximum atomic E-state index is 12.7. The van der Waals surface area contributed by atoms with E-state index in [9.17, 15) is 18.0 Å². The Balaban J connectivity index is 1.75. The lowest BCUT2D eigenvalue weighted by Gasteiger charge is -2.32. The van der Waals surface area contributed by atoms with Gasteiger partial charge in [0, 0.05) is 17.5 Å². The third-order valence-electron chi connectivity index (χ3n) is 4.19. The Labute approximate surface area is 142 Å². The van der Waals surface area contributed by atoms with E-state index in [1.807, 2.05) is 18.4 Å². The smallest absolute Gasteiger partial charge is 0.332 e. The van der Waals surface area contributed by atoms with Crippen molar-refractivity contribution >= 4 is 23.3 Å². The van der Waals surface area contributed by atoms with E-state index >= 15 is 0 Å². The summed E-state index contributed by atoms with van der Waals surface area (Å²) in [5, 5.41) is 2.02. The highest BCUT2D eigenvalue weighted by molar-refractivity contribution is 7.10. The predicted molar refractivity (Wildman–Crippen MR) is 88.6 cm³/mol. The second-order valence-corrected chi connectivity index (χ2v) is 6.71. The normalized spacial score (nSPS) is 18.0. The Hall–Kier alpha value is -2.08. The number of thiophene rings is 1. The van der Waals surface area contributed by atoms with E-state index in [4.69, 9.17) is 0 Å². The van der Waals surface area contributed by atoms with Crippen LogP contribution in [0.1, 0.15) is 34.5 Å². The first-order valence-corrected chi connectivity index (χ1v) is 8.46. The second-order valence-electron chi connectivity index (χ2n) is 5.71. The first-order chi connectivity index (χ1) is 11.4. The van der Waals surface area contributed by atoms with Gasteiger partial charge in [-0.25, -0.2) is 0 Å². The fourth-order valence-electron chi connectivity index (χ4n) is 2.89. The monoisotopic (exact) mass is 351 g/mol. The van der Waals surface area contributed by atoms with Gasteiger partial charge in [-0.3, -0.25) is 4.79 Å². The standard InChI is InChI=1S/C18H16F3NOS/c1-12-15-8-10-24-16(15)7-9-22(12)17(23)6-5-13-3-2-4-14(11-13)18(19,20)21/h2-6,8,10-12H,7,9H2,1H3/b6-5+/t12-/m1/s1. The van der Waals surface area contributed by atoms with E-state index < -0.39 is 11.7 Å². The highest BCUT2D eigenvalue weighted by Crippen LogP contribution is 2.33. The van der Waals surface area contributed by atoms with Crippen molar-refractivity contribution in [2.45, 2.75) is 25.6 Å². The van der Waals surface area contributed by atoms with Gasteiger partial charge in [0.05, 0.1) is 11.6 Å². The SMILES string of the molecule is C[C@@H]1c2ccsc2CCN1C(=O)/C=C/c1cccc(C(F)(F)F)c1. The third-order valence-corrected chi connectivity index (χ3v) is 5.19. The molecule has 0 spiro atoms. The van der Waals surface area contributed by atoms with Crippen molar-refractivity contribution in [1.29, 1.82) is 0 Å². The lowest BCUT2D eigenvalue weighted by atomic mass is 10.0. The van der Waals surface area contributed by atoms with Crippen molar-refractivity contribution in [2.24, 2.45) is 0 Å². The molecule has 1 aromatic carbocycles. The van der Waals surface area contributed by atoms with Crippen LogP contribution in [0.25, 0.3) is 6.08 Å². The molecule has 2 aromatic rings. The lowest BCUT2D eigenvalue weighted by Crippen LogP contribution is -2.37. The summed E-state index contributed by atoms with van der Waals surface area (Å²) in [5.41, 5.74) is 0.803. The lowest BCUT2D eigenvalue weighted by molar-refractivity contribution is -0.137. The number of carbonyl (C=O) groups excluding carboxylic acids is 1. The predicted octanol–water partition coefficient (Wildman–Crippen LogP) is 4.93. The van der Waals surface area contributed by atoms with E-state index in [1.54, 1.807) is 22.3 Å². The van der Waals surface area contributed by atoms with Gasteiger partial charge in [0.1, 0.15) is 0 Å². The van der Waals surface area contributed by atoms with Gasteiger partial charge in [-0.2, -0.15) is 13.2 Å². The number of rotatable bonds is 2. The summed E-state index contributed by atoms with van der Waals surface area (Å²) in [6.07, 6.45) is -0.776. The molecular formula is C18H16F3NOS. The minimum atomic E-state index is -4.38. The summed E-state index contributed by atoms with van der Waals surface area (Å²) in [7, 11) is 0. The van der Waals surface area contributed by atoms with Gasteiger partial charge in [0.15, 0.2) is 0 Å². The van der Waals surface area contributed by atoms with Gasteiger partial charge in [0.25, 0.3) is 0 Å². The van der Waals surface area contributed by atoms with Gasteiger partial charge in [-0.05, 0) is 54.1 Å². The zero-order valence-electron chi connectivity index (χ0n) is 13.0. The summed E-state index contributed by atoms with van der Waals surface area (Å²) in [6, 6.07) is 6.97. The third kappa shape index (κ3) is 3.38. The average Bonchev–Trinajstić information content (AvgIpc) is 3.02. The maximum Gasteiger partial charge on any atom is 0.416 e. The Bertz CT molecular complexity index is 779. The molecular weight excluding hydrogens is 335 g/mol. The summed E-state index contributed by atoms with van der Waals surface area (Å²) < 4.78 is 38.2. The van der Waals surface area contributed by atoms with E-state index in [2.05, 4.69) is 0 Å². The molecule has 24 heavy (non-hydrogen) atoms. The van der Waals surface area contributed by atoms with Crippen molar-refractivity contribution in [3.8, 4) is 0 Å². The molecule has 0 saturated heterocycles. The zero-order chi connectivity index (χ0) is 17.3. The number of fused-ring (bicyclic) bond motifs is 1. The number of hydrogen-bond donors (Lipinski definition) is 0. The van der Waals surface area contributed by atoms with Gasteiger partial charge < -0.3 is 4.90 Å². The molecule has 0 radical (unpaired) electrons. The van der Waals surface area contributed by atoms with Crippen molar-refractivity contribution in [2.75, 3.05) is 6.54 Å². The highest BCUT2D eigenvalue weighted by Gasteiger charge is 2.30. The number of benzene rings is 1. The van der Waals surface area contributed by atoms with Crippen molar-refractivity contribution in [3.05, 3.63) is 63.4 Å². The van der Waals surface area contributed by atoms with Crippen LogP contribution in [0.15, 0.2) is 41.8 Å². The van der Waals surface area contributed by atoms with Crippen LogP contribution in [0.5, 0.6) is 0 Å². The second kappa shape index (κ2) is 6.43. The minimum Gasteiger partial charge on any atom is -0.332 e. The Kier molecular flexibility index (Phi) is 4.49. The van der Waals surface area contributed by atoms with E-state index in [-0.39, 0.29) is 11.9 Å². The molecule has 6 heteroatoms. The summed E-state index contributed by atoms with van der Waals surface area (Å²) >= 11 is 1.69. The van der Waals surface area contributed by atoms with Crippen LogP contribution in [-0.2, 0) is 17.4 Å². The Morgan fingerprint density at radius 2 is 2.12 bits per heavy atom. The van der Waals surface area contributed by atoms with E-state index in [1.165, 1.54) is 23.1 Å². The first kappa shape index (κ1) is 16.8. The molecule has 1 amide bonds. The Morgan fingerprint density at radius 1 is 1.33 bits per heavy atom. The topological polar surface area (TPSA) is 20.3 Å². The summed E-state index contributed by atoms with van der Waals surface area (Å²) in [4.78, 5) is 15.5. The Morgan fingerprint density at radius 3 is 2.88 bits per heavy atom. The molecule has 2 nitrogen and oxygen atoms in total.